The lowest BCUT2D eigenvalue weighted by atomic mass is 10.2. The summed E-state index contributed by atoms with van der Waals surface area (Å²) in [6, 6.07) is 0. The maximum Gasteiger partial charge on any atom is 0.0594 e. The highest BCUT2D eigenvalue weighted by Gasteiger charge is 2.34. The molecule has 0 spiro atoms. The van der Waals surface area contributed by atoms with Crippen LogP contribution in [0.3, 0.4) is 0 Å². The maximum absolute atomic E-state index is 2.37. The first-order valence-electron chi connectivity index (χ1n) is 9.09. The van der Waals surface area contributed by atoms with Crippen LogP contribution < -0.4 is 17.0 Å². The fourth-order valence-corrected chi connectivity index (χ4v) is 8.22. The minimum Gasteiger partial charge on any atom is -1.00 e. The third-order valence-electron chi connectivity index (χ3n) is 4.44. The molecule has 0 saturated heterocycles. The molecule has 124 valence electrons. The molecule has 0 aliphatic heterocycles. The topological polar surface area (TPSA) is 0 Å². The molecule has 0 aromatic carbocycles. The van der Waals surface area contributed by atoms with Crippen LogP contribution in [-0.4, -0.2) is 24.6 Å². The monoisotopic (exact) mass is 366 g/mol. The predicted molar refractivity (Wildman–Crippen MR) is 95.3 cm³/mol. The van der Waals surface area contributed by atoms with Crippen molar-refractivity contribution in [3.05, 3.63) is 0 Å². The summed E-state index contributed by atoms with van der Waals surface area (Å²) in [5, 5.41) is 0. The number of rotatable bonds is 14. The molecule has 0 fully saturated rings. The molecule has 0 unspecified atom stereocenters. The van der Waals surface area contributed by atoms with Crippen LogP contribution in [0.25, 0.3) is 0 Å². The van der Waals surface area contributed by atoms with Gasteiger partial charge in [0.2, 0.25) is 0 Å². The zero-order chi connectivity index (χ0) is 14.4. The first-order chi connectivity index (χ1) is 9.24. The summed E-state index contributed by atoms with van der Waals surface area (Å²) in [6.45, 7) is 9.43. The fraction of sp³-hybridized carbons (Fsp3) is 1.00. The fourth-order valence-electron chi connectivity index (χ4n) is 3.03. The molecule has 0 nitrogen and oxygen atoms in total. The van der Waals surface area contributed by atoms with Crippen molar-refractivity contribution < 1.29 is 17.0 Å². The molecule has 0 aliphatic rings. The Morgan fingerprint density at radius 1 is 0.450 bits per heavy atom. The first kappa shape index (κ1) is 23.2. The van der Waals surface area contributed by atoms with Gasteiger partial charge in [0.25, 0.3) is 0 Å². The van der Waals surface area contributed by atoms with E-state index >= 15 is 0 Å². The zero-order valence-corrected chi connectivity index (χ0v) is 17.2. The highest BCUT2D eigenvalue weighted by atomic mass is 79.9. The molecular formula is C18H40BrP. The summed E-state index contributed by atoms with van der Waals surface area (Å²) in [6.07, 6.45) is 21.0. The van der Waals surface area contributed by atoms with Gasteiger partial charge in [0.1, 0.15) is 0 Å². The van der Waals surface area contributed by atoms with E-state index in [1.807, 2.05) is 0 Å². The average molecular weight is 367 g/mol. The molecular weight excluding hydrogens is 327 g/mol. The van der Waals surface area contributed by atoms with Crippen LogP contribution in [0.2, 0.25) is 0 Å². The molecule has 0 N–H and O–H groups in total. The van der Waals surface area contributed by atoms with E-state index in [0.29, 0.717) is 0 Å². The van der Waals surface area contributed by atoms with Crippen LogP contribution in [-0.2, 0) is 0 Å². The van der Waals surface area contributed by atoms with Crippen LogP contribution in [0.4, 0.5) is 0 Å². The van der Waals surface area contributed by atoms with Gasteiger partial charge < -0.3 is 17.0 Å². The smallest absolute Gasteiger partial charge is 0.0594 e. The zero-order valence-electron chi connectivity index (χ0n) is 14.7. The lowest BCUT2D eigenvalue weighted by Gasteiger charge is -2.28. The lowest BCUT2D eigenvalue weighted by Crippen LogP contribution is -3.00. The molecule has 0 aliphatic carbocycles. The molecule has 20 heavy (non-hydrogen) atoms. The van der Waals surface area contributed by atoms with Crippen molar-refractivity contribution in [2.45, 2.75) is 91.9 Å². The average Bonchev–Trinajstić information content (AvgIpc) is 2.44. The van der Waals surface area contributed by atoms with Crippen molar-refractivity contribution in [3.8, 4) is 0 Å². The van der Waals surface area contributed by atoms with Crippen LogP contribution in [0.5, 0.6) is 0 Å². The van der Waals surface area contributed by atoms with E-state index < -0.39 is 7.26 Å². The van der Waals surface area contributed by atoms with Gasteiger partial charge in [0.05, 0.1) is 24.6 Å². The van der Waals surface area contributed by atoms with Crippen LogP contribution in [0.1, 0.15) is 91.9 Å². The van der Waals surface area contributed by atoms with Gasteiger partial charge in [-0.1, -0.05) is 59.8 Å². The quantitative estimate of drug-likeness (QED) is 0.322. The Morgan fingerprint density at radius 3 is 1.15 bits per heavy atom. The lowest BCUT2D eigenvalue weighted by molar-refractivity contribution is -0.00000447. The van der Waals surface area contributed by atoms with Crippen LogP contribution >= 0.6 is 7.26 Å². The Labute approximate surface area is 141 Å². The van der Waals surface area contributed by atoms with Gasteiger partial charge in [-0.05, 0) is 32.1 Å². The second-order valence-corrected chi connectivity index (χ2v) is 10.8. The molecule has 0 aromatic heterocycles. The minimum atomic E-state index is -0.586. The number of hydrogen-bond donors (Lipinski definition) is 0. The SMILES string of the molecule is CCCCCC[P+](CCCC)(CCCC)CCCC.[Br-]. The summed E-state index contributed by atoms with van der Waals surface area (Å²) in [4.78, 5) is 0. The van der Waals surface area contributed by atoms with Crippen molar-refractivity contribution in [2.24, 2.45) is 0 Å². The summed E-state index contributed by atoms with van der Waals surface area (Å²) >= 11 is 0. The Hall–Kier alpha value is 0.910. The largest absolute Gasteiger partial charge is 1.00 e. The Bertz CT molecular complexity index is 160. The van der Waals surface area contributed by atoms with Crippen molar-refractivity contribution >= 4 is 7.26 Å². The van der Waals surface area contributed by atoms with E-state index in [1.54, 1.807) is 24.6 Å². The van der Waals surface area contributed by atoms with Gasteiger partial charge >= 0.3 is 0 Å². The first-order valence-corrected chi connectivity index (χ1v) is 11.6. The summed E-state index contributed by atoms with van der Waals surface area (Å²) in [7, 11) is -0.586. The van der Waals surface area contributed by atoms with E-state index in [4.69, 9.17) is 0 Å². The van der Waals surface area contributed by atoms with E-state index in [0.717, 1.165) is 0 Å². The molecule has 0 amide bonds. The van der Waals surface area contributed by atoms with E-state index in [1.165, 1.54) is 64.2 Å². The maximum atomic E-state index is 2.37. The second-order valence-electron chi connectivity index (χ2n) is 6.36. The Balaban J connectivity index is 0. The predicted octanol–water partition coefficient (Wildman–Crippen LogP) is 3.99. The van der Waals surface area contributed by atoms with Crippen LogP contribution in [0.15, 0.2) is 0 Å². The van der Waals surface area contributed by atoms with Gasteiger partial charge in [-0.2, -0.15) is 0 Å². The van der Waals surface area contributed by atoms with Crippen molar-refractivity contribution in [2.75, 3.05) is 24.6 Å². The van der Waals surface area contributed by atoms with Crippen molar-refractivity contribution in [1.29, 1.82) is 0 Å². The van der Waals surface area contributed by atoms with E-state index in [9.17, 15) is 0 Å². The highest BCUT2D eigenvalue weighted by Crippen LogP contribution is 2.61. The van der Waals surface area contributed by atoms with Gasteiger partial charge in [0.15, 0.2) is 0 Å². The van der Waals surface area contributed by atoms with Gasteiger partial charge in [-0.25, -0.2) is 0 Å². The molecule has 0 aromatic rings. The normalized spacial score (nSPS) is 11.4. The summed E-state index contributed by atoms with van der Waals surface area (Å²) < 4.78 is 0. The second kappa shape index (κ2) is 16.3. The number of halogens is 1. The number of unbranched alkanes of at least 4 members (excludes halogenated alkanes) is 6. The van der Waals surface area contributed by atoms with Gasteiger partial charge in [-0.15, -0.1) is 0 Å². The standard InChI is InChI=1S/C18H40P.BrH/c1-5-9-13-14-18-19(15-10-6-2,16-11-7-3)17-12-8-4;/h5-18H2,1-4H3;1H/q+1;/p-1. The summed E-state index contributed by atoms with van der Waals surface area (Å²) in [5.41, 5.74) is 0. The van der Waals surface area contributed by atoms with E-state index in [2.05, 4.69) is 27.7 Å². The van der Waals surface area contributed by atoms with Crippen LogP contribution in [0, 0.1) is 0 Å². The third kappa shape index (κ3) is 11.6. The molecule has 0 saturated carbocycles. The Morgan fingerprint density at radius 2 is 0.800 bits per heavy atom. The molecule has 0 rings (SSSR count). The molecule has 0 bridgehead atoms. The van der Waals surface area contributed by atoms with Crippen molar-refractivity contribution in [3.63, 3.8) is 0 Å². The summed E-state index contributed by atoms with van der Waals surface area (Å²) in [5.74, 6) is 0. The molecule has 0 heterocycles. The molecule has 0 radical (unpaired) electrons. The highest BCUT2D eigenvalue weighted by molar-refractivity contribution is 7.75. The van der Waals surface area contributed by atoms with Gasteiger partial charge in [-0.3, -0.25) is 0 Å². The minimum absolute atomic E-state index is 0. The molecule has 0 atom stereocenters. The Kier molecular flexibility index (Phi) is 18.9. The van der Waals surface area contributed by atoms with Crippen molar-refractivity contribution in [1.82, 2.24) is 0 Å². The van der Waals surface area contributed by atoms with Gasteiger partial charge in [0, 0.05) is 7.26 Å². The van der Waals surface area contributed by atoms with E-state index in [-0.39, 0.29) is 17.0 Å². The molecule has 2 heteroatoms. The third-order valence-corrected chi connectivity index (χ3v) is 9.50. The number of hydrogen-bond acceptors (Lipinski definition) is 0.